The Labute approximate surface area is 230 Å². The molecule has 0 N–H and O–H groups in total. The quantitative estimate of drug-likeness (QED) is 0.107. The highest BCUT2D eigenvalue weighted by atomic mass is 32.2. The standard InChI is InChI=1S/C33H39O4S/c1-32(2,3)24-14-18-26(19-15-24)38(27-20-16-25(17-21-27)33(4,5)6)22-28(23-12-10-9-11-13-23)29(30(34)36-7)31(35)37-8/h9-21H,22H2,1-8H3/q+1. The molecule has 0 aromatic heterocycles. The molecule has 3 aromatic carbocycles. The number of ether oxygens (including phenoxy) is 2. The van der Waals surface area contributed by atoms with Gasteiger partial charge in [0, 0.05) is 5.57 Å². The minimum absolute atomic E-state index is 0.0313. The van der Waals surface area contributed by atoms with Gasteiger partial charge in [0.25, 0.3) is 0 Å². The van der Waals surface area contributed by atoms with Crippen LogP contribution in [-0.2, 0) is 40.8 Å². The molecule has 0 aliphatic heterocycles. The van der Waals surface area contributed by atoms with E-state index in [0.29, 0.717) is 11.3 Å². The van der Waals surface area contributed by atoms with Crippen LogP contribution in [0.2, 0.25) is 0 Å². The summed E-state index contributed by atoms with van der Waals surface area (Å²) >= 11 is 0. The van der Waals surface area contributed by atoms with Crippen molar-refractivity contribution in [3.8, 4) is 0 Å². The molecular formula is C33H39O4S+. The van der Waals surface area contributed by atoms with Crippen molar-refractivity contribution in [3.63, 3.8) is 0 Å². The predicted molar refractivity (Wildman–Crippen MR) is 156 cm³/mol. The minimum atomic E-state index is -0.703. The van der Waals surface area contributed by atoms with E-state index < -0.39 is 22.8 Å². The van der Waals surface area contributed by atoms with Gasteiger partial charge in [0.1, 0.15) is 5.75 Å². The van der Waals surface area contributed by atoms with Gasteiger partial charge >= 0.3 is 11.9 Å². The molecule has 0 radical (unpaired) electrons. The Balaban J connectivity index is 2.24. The van der Waals surface area contributed by atoms with Crippen molar-refractivity contribution < 1.29 is 19.1 Å². The van der Waals surface area contributed by atoms with Gasteiger partial charge in [-0.2, -0.15) is 0 Å². The predicted octanol–water partition coefficient (Wildman–Crippen LogP) is 7.12. The molecule has 0 heterocycles. The Morgan fingerprint density at radius 2 is 1.03 bits per heavy atom. The number of benzene rings is 3. The zero-order chi connectivity index (χ0) is 28.1. The van der Waals surface area contributed by atoms with Crippen LogP contribution in [0.25, 0.3) is 5.57 Å². The Morgan fingerprint density at radius 1 is 0.632 bits per heavy atom. The SMILES string of the molecule is COC(=O)C(C(=O)OC)=C(C[S+](c1ccc(C(C)(C)C)cc1)c1ccc(C(C)(C)C)cc1)c1ccccc1. The van der Waals surface area contributed by atoms with E-state index in [1.54, 1.807) is 0 Å². The maximum atomic E-state index is 12.9. The van der Waals surface area contributed by atoms with Crippen LogP contribution in [0.15, 0.2) is 94.2 Å². The molecule has 0 aliphatic rings. The Bertz CT molecular complexity index is 1200. The third-order valence-electron chi connectivity index (χ3n) is 6.50. The Morgan fingerprint density at radius 3 is 1.37 bits per heavy atom. The monoisotopic (exact) mass is 531 g/mol. The molecule has 38 heavy (non-hydrogen) atoms. The smallest absolute Gasteiger partial charge is 0.345 e. The van der Waals surface area contributed by atoms with Crippen LogP contribution in [0.5, 0.6) is 0 Å². The number of methoxy groups -OCH3 is 2. The van der Waals surface area contributed by atoms with Crippen LogP contribution in [0, 0.1) is 0 Å². The van der Waals surface area contributed by atoms with Crippen molar-refractivity contribution in [1.29, 1.82) is 0 Å². The van der Waals surface area contributed by atoms with Gasteiger partial charge in [-0.25, -0.2) is 9.59 Å². The zero-order valence-corrected chi connectivity index (χ0v) is 24.6. The third-order valence-corrected chi connectivity index (χ3v) is 8.76. The summed E-state index contributed by atoms with van der Waals surface area (Å²) in [6.07, 6.45) is 0. The third kappa shape index (κ3) is 6.96. The lowest BCUT2D eigenvalue weighted by Crippen LogP contribution is -2.22. The summed E-state index contributed by atoms with van der Waals surface area (Å²) in [4.78, 5) is 28.1. The summed E-state index contributed by atoms with van der Waals surface area (Å²) in [5.74, 6) is -0.969. The highest BCUT2D eigenvalue weighted by molar-refractivity contribution is 7.97. The van der Waals surface area contributed by atoms with Crippen LogP contribution < -0.4 is 0 Å². The van der Waals surface area contributed by atoms with Crippen LogP contribution in [0.4, 0.5) is 0 Å². The number of carbonyl (C=O) groups is 2. The first-order valence-corrected chi connectivity index (χ1v) is 14.1. The van der Waals surface area contributed by atoms with E-state index in [1.807, 2.05) is 30.3 Å². The Hall–Kier alpha value is -3.31. The van der Waals surface area contributed by atoms with Crippen molar-refractivity contribution in [3.05, 3.63) is 101 Å². The van der Waals surface area contributed by atoms with Crippen molar-refractivity contribution in [2.75, 3.05) is 20.0 Å². The van der Waals surface area contributed by atoms with E-state index in [2.05, 4.69) is 90.1 Å². The average Bonchev–Trinajstić information content (AvgIpc) is 2.90. The van der Waals surface area contributed by atoms with Crippen LogP contribution >= 0.6 is 0 Å². The van der Waals surface area contributed by atoms with Crippen molar-refractivity contribution in [2.45, 2.75) is 62.2 Å². The molecule has 0 fully saturated rings. The second-order valence-electron chi connectivity index (χ2n) is 11.3. The number of carbonyl (C=O) groups excluding carboxylic acids is 2. The normalized spacial score (nSPS) is 11.7. The molecule has 0 aliphatic carbocycles. The molecule has 0 unspecified atom stereocenters. The fourth-order valence-corrected chi connectivity index (χ4v) is 6.29. The zero-order valence-electron chi connectivity index (χ0n) is 23.8. The summed E-state index contributed by atoms with van der Waals surface area (Å²) in [7, 11) is 2.08. The molecule has 4 nitrogen and oxygen atoms in total. The largest absolute Gasteiger partial charge is 0.465 e. The maximum absolute atomic E-state index is 12.9. The molecule has 0 saturated heterocycles. The van der Waals surface area contributed by atoms with Gasteiger partial charge < -0.3 is 9.47 Å². The van der Waals surface area contributed by atoms with E-state index in [0.717, 1.165) is 15.4 Å². The number of hydrogen-bond acceptors (Lipinski definition) is 4. The van der Waals surface area contributed by atoms with Crippen molar-refractivity contribution >= 4 is 28.4 Å². The molecule has 0 saturated carbocycles. The van der Waals surface area contributed by atoms with Gasteiger partial charge in [0.2, 0.25) is 0 Å². The van der Waals surface area contributed by atoms with Crippen molar-refractivity contribution in [2.24, 2.45) is 0 Å². The van der Waals surface area contributed by atoms with E-state index >= 15 is 0 Å². The molecule has 0 amide bonds. The van der Waals surface area contributed by atoms with Crippen molar-refractivity contribution in [1.82, 2.24) is 0 Å². The molecule has 3 rings (SSSR count). The topological polar surface area (TPSA) is 52.6 Å². The second kappa shape index (κ2) is 12.0. The molecule has 200 valence electrons. The van der Waals surface area contributed by atoms with E-state index in [1.165, 1.54) is 25.3 Å². The number of rotatable bonds is 7. The molecule has 3 aromatic rings. The van der Waals surface area contributed by atoms with Gasteiger partial charge in [-0.05, 0) is 51.8 Å². The highest BCUT2D eigenvalue weighted by Crippen LogP contribution is 2.34. The second-order valence-corrected chi connectivity index (χ2v) is 13.3. The minimum Gasteiger partial charge on any atom is -0.465 e. The summed E-state index contributed by atoms with van der Waals surface area (Å²) in [6, 6.07) is 26.9. The van der Waals surface area contributed by atoms with Gasteiger partial charge in [0.05, 0.1) is 25.1 Å². The number of esters is 2. The fourth-order valence-electron chi connectivity index (χ4n) is 4.16. The molecule has 0 bridgehead atoms. The highest BCUT2D eigenvalue weighted by Gasteiger charge is 2.34. The van der Waals surface area contributed by atoms with E-state index in [-0.39, 0.29) is 16.4 Å². The molecule has 0 spiro atoms. The lowest BCUT2D eigenvalue weighted by Gasteiger charge is -2.20. The first-order valence-electron chi connectivity index (χ1n) is 12.7. The maximum Gasteiger partial charge on any atom is 0.345 e. The molecule has 0 atom stereocenters. The molecule has 5 heteroatoms. The van der Waals surface area contributed by atoms with Gasteiger partial charge in [-0.15, -0.1) is 0 Å². The van der Waals surface area contributed by atoms with Crippen LogP contribution in [-0.4, -0.2) is 31.9 Å². The van der Waals surface area contributed by atoms with Crippen LogP contribution in [0.3, 0.4) is 0 Å². The fraction of sp³-hybridized carbons (Fsp3) is 0.333. The van der Waals surface area contributed by atoms with E-state index in [4.69, 9.17) is 9.47 Å². The van der Waals surface area contributed by atoms with Gasteiger partial charge in [0.15, 0.2) is 15.4 Å². The van der Waals surface area contributed by atoms with E-state index in [9.17, 15) is 9.59 Å². The number of hydrogen-bond donors (Lipinski definition) is 0. The lowest BCUT2D eigenvalue weighted by atomic mass is 9.87. The summed E-state index contributed by atoms with van der Waals surface area (Å²) in [5, 5.41) is 0. The first kappa shape index (κ1) is 29.2. The lowest BCUT2D eigenvalue weighted by molar-refractivity contribution is -0.143. The average molecular weight is 532 g/mol. The molecular weight excluding hydrogens is 492 g/mol. The van der Waals surface area contributed by atoms with Gasteiger partial charge in [-0.1, -0.05) is 96.1 Å². The Kier molecular flexibility index (Phi) is 9.26. The summed E-state index contributed by atoms with van der Waals surface area (Å²) < 4.78 is 10.1. The summed E-state index contributed by atoms with van der Waals surface area (Å²) in [5.41, 5.74) is 3.87. The summed E-state index contributed by atoms with van der Waals surface area (Å²) in [6.45, 7) is 13.2. The van der Waals surface area contributed by atoms with Gasteiger partial charge in [-0.3, -0.25) is 0 Å². The van der Waals surface area contributed by atoms with Crippen LogP contribution in [0.1, 0.15) is 58.2 Å². The first-order chi connectivity index (χ1) is 17.9.